The fraction of sp³-hybridized carbons (Fsp3) is 1.00. The van der Waals surface area contributed by atoms with Crippen molar-refractivity contribution in [1.29, 1.82) is 0 Å². The first-order valence-corrected chi connectivity index (χ1v) is 5.01. The fourth-order valence-electron chi connectivity index (χ4n) is 2.02. The second kappa shape index (κ2) is 4.22. The second-order valence-corrected chi connectivity index (χ2v) is 4.11. The summed E-state index contributed by atoms with van der Waals surface area (Å²) in [4.78, 5) is 2.20. The summed E-state index contributed by atoms with van der Waals surface area (Å²) in [6.45, 7) is 9.07. The Morgan fingerprint density at radius 2 is 2.17 bits per heavy atom. The molecule has 1 fully saturated rings. The van der Waals surface area contributed by atoms with E-state index in [1.165, 1.54) is 0 Å². The Morgan fingerprint density at radius 3 is 2.58 bits per heavy atom. The van der Waals surface area contributed by atoms with Gasteiger partial charge >= 0.3 is 0 Å². The van der Waals surface area contributed by atoms with E-state index in [1.54, 1.807) is 0 Å². The summed E-state index contributed by atoms with van der Waals surface area (Å²) in [5, 5.41) is 0. The van der Waals surface area contributed by atoms with Gasteiger partial charge in [-0.2, -0.15) is 0 Å². The third-order valence-electron chi connectivity index (χ3n) is 2.98. The van der Waals surface area contributed by atoms with Crippen molar-refractivity contribution in [3.63, 3.8) is 0 Å². The van der Waals surface area contributed by atoms with Gasteiger partial charge in [-0.1, -0.05) is 20.8 Å². The highest BCUT2D eigenvalue weighted by atomic mass is 19.1. The number of piperidine rings is 1. The van der Waals surface area contributed by atoms with Crippen molar-refractivity contribution in [2.45, 2.75) is 33.4 Å². The average Bonchev–Trinajstić information content (AvgIpc) is 2.03. The molecule has 0 saturated carbocycles. The van der Waals surface area contributed by atoms with Crippen LogP contribution in [0.4, 0.5) is 4.39 Å². The van der Waals surface area contributed by atoms with Gasteiger partial charge in [-0.3, -0.25) is 0 Å². The number of hydrogen-bond donors (Lipinski definition) is 0. The van der Waals surface area contributed by atoms with Gasteiger partial charge in [-0.15, -0.1) is 0 Å². The summed E-state index contributed by atoms with van der Waals surface area (Å²) < 4.78 is 13.5. The summed E-state index contributed by atoms with van der Waals surface area (Å²) in [7, 11) is 0. The first-order chi connectivity index (χ1) is 5.65. The Labute approximate surface area is 74.9 Å². The molecule has 1 nitrogen and oxygen atoms in total. The molecule has 0 aromatic rings. The van der Waals surface area contributed by atoms with Crippen molar-refractivity contribution in [3.8, 4) is 0 Å². The summed E-state index contributed by atoms with van der Waals surface area (Å²) in [5.41, 5.74) is 0. The van der Waals surface area contributed by atoms with Gasteiger partial charge in [0.2, 0.25) is 0 Å². The molecule has 1 rings (SSSR count). The molecule has 12 heavy (non-hydrogen) atoms. The predicted octanol–water partition coefficient (Wildman–Crippen LogP) is 2.32. The molecule has 2 unspecified atom stereocenters. The molecule has 0 aromatic carbocycles. The molecule has 2 atom stereocenters. The predicted molar refractivity (Wildman–Crippen MR) is 50.0 cm³/mol. The summed E-state index contributed by atoms with van der Waals surface area (Å²) in [6.07, 6.45) is 0.436. The van der Waals surface area contributed by atoms with Crippen LogP contribution in [0.3, 0.4) is 0 Å². The Morgan fingerprint density at radius 1 is 1.50 bits per heavy atom. The van der Waals surface area contributed by atoms with E-state index < -0.39 is 6.17 Å². The molecule has 0 aliphatic carbocycles. The van der Waals surface area contributed by atoms with Crippen LogP contribution in [0.1, 0.15) is 27.2 Å². The van der Waals surface area contributed by atoms with Crippen molar-refractivity contribution in [2.75, 3.05) is 19.6 Å². The lowest BCUT2D eigenvalue weighted by atomic mass is 9.85. The molecule has 72 valence electrons. The van der Waals surface area contributed by atoms with Gasteiger partial charge in [0.05, 0.1) is 0 Å². The largest absolute Gasteiger partial charge is 0.301 e. The molecule has 0 radical (unpaired) electrons. The van der Waals surface area contributed by atoms with Gasteiger partial charge in [0.25, 0.3) is 0 Å². The minimum atomic E-state index is -0.598. The van der Waals surface area contributed by atoms with Crippen molar-refractivity contribution in [1.82, 2.24) is 4.90 Å². The Kier molecular flexibility index (Phi) is 3.51. The number of halogens is 1. The molecule has 0 spiro atoms. The number of nitrogens with zero attached hydrogens (tertiary/aromatic N) is 1. The molecular weight excluding hydrogens is 153 g/mol. The van der Waals surface area contributed by atoms with Crippen LogP contribution in [-0.2, 0) is 0 Å². The van der Waals surface area contributed by atoms with Gasteiger partial charge in [-0.05, 0) is 31.3 Å². The third-order valence-corrected chi connectivity index (χ3v) is 2.98. The van der Waals surface area contributed by atoms with Crippen molar-refractivity contribution >= 4 is 0 Å². The van der Waals surface area contributed by atoms with E-state index in [4.69, 9.17) is 0 Å². The third kappa shape index (κ3) is 2.19. The monoisotopic (exact) mass is 173 g/mol. The maximum Gasteiger partial charge on any atom is 0.116 e. The summed E-state index contributed by atoms with van der Waals surface area (Å²) in [6, 6.07) is 0. The highest BCUT2D eigenvalue weighted by Gasteiger charge is 2.30. The van der Waals surface area contributed by atoms with Gasteiger partial charge in [0, 0.05) is 6.54 Å². The van der Waals surface area contributed by atoms with Crippen LogP contribution in [0.15, 0.2) is 0 Å². The fourth-order valence-corrected chi connectivity index (χ4v) is 2.02. The van der Waals surface area contributed by atoms with Gasteiger partial charge in [0.1, 0.15) is 6.17 Å². The first kappa shape index (κ1) is 9.97. The molecule has 1 saturated heterocycles. The molecule has 0 bridgehead atoms. The molecule has 0 aromatic heterocycles. The summed E-state index contributed by atoms with van der Waals surface area (Å²) >= 11 is 0. The highest BCUT2D eigenvalue weighted by molar-refractivity contribution is 4.81. The second-order valence-electron chi connectivity index (χ2n) is 4.11. The van der Waals surface area contributed by atoms with E-state index in [-0.39, 0.29) is 0 Å². The van der Waals surface area contributed by atoms with Crippen LogP contribution in [0.2, 0.25) is 0 Å². The molecule has 0 N–H and O–H groups in total. The zero-order valence-corrected chi connectivity index (χ0v) is 8.39. The van der Waals surface area contributed by atoms with E-state index in [2.05, 4.69) is 25.7 Å². The zero-order chi connectivity index (χ0) is 9.14. The molecular formula is C10H20FN. The maximum absolute atomic E-state index is 13.5. The molecule has 1 aliphatic heterocycles. The van der Waals surface area contributed by atoms with Crippen LogP contribution < -0.4 is 0 Å². The van der Waals surface area contributed by atoms with Crippen LogP contribution in [0.25, 0.3) is 0 Å². The van der Waals surface area contributed by atoms with Crippen LogP contribution >= 0.6 is 0 Å². The lowest BCUT2D eigenvalue weighted by Crippen LogP contribution is -2.43. The lowest BCUT2D eigenvalue weighted by Gasteiger charge is -2.35. The highest BCUT2D eigenvalue weighted by Crippen LogP contribution is 2.26. The standard InChI is InChI=1S/C10H20FN/c1-4-12-6-5-9(8(2)3)10(11)7-12/h8-10H,4-7H2,1-3H3. The average molecular weight is 173 g/mol. The lowest BCUT2D eigenvalue weighted by molar-refractivity contribution is 0.0645. The Hall–Kier alpha value is -0.110. The number of hydrogen-bond acceptors (Lipinski definition) is 1. The minimum Gasteiger partial charge on any atom is -0.301 e. The summed E-state index contributed by atoms with van der Waals surface area (Å²) in [5.74, 6) is 0.798. The van der Waals surface area contributed by atoms with Gasteiger partial charge < -0.3 is 4.90 Å². The SMILES string of the molecule is CCN1CCC(C(C)C)C(F)C1. The normalized spacial score (nSPS) is 32.8. The van der Waals surface area contributed by atoms with E-state index >= 15 is 0 Å². The van der Waals surface area contributed by atoms with Gasteiger partial charge in [-0.25, -0.2) is 4.39 Å². The smallest absolute Gasteiger partial charge is 0.116 e. The van der Waals surface area contributed by atoms with Crippen LogP contribution in [0.5, 0.6) is 0 Å². The quantitative estimate of drug-likeness (QED) is 0.619. The first-order valence-electron chi connectivity index (χ1n) is 5.01. The minimum absolute atomic E-state index is 0.299. The van der Waals surface area contributed by atoms with E-state index in [9.17, 15) is 4.39 Å². The van der Waals surface area contributed by atoms with E-state index in [1.807, 2.05) is 0 Å². The number of alkyl halides is 1. The molecule has 1 heterocycles. The van der Waals surface area contributed by atoms with Crippen molar-refractivity contribution in [3.05, 3.63) is 0 Å². The van der Waals surface area contributed by atoms with Gasteiger partial charge in [0.15, 0.2) is 0 Å². The number of likely N-dealkylation sites (tertiary alicyclic amines) is 1. The Bertz CT molecular complexity index is 136. The maximum atomic E-state index is 13.5. The van der Waals surface area contributed by atoms with E-state index in [0.29, 0.717) is 18.4 Å². The Balaban J connectivity index is 2.42. The topological polar surface area (TPSA) is 3.24 Å². The van der Waals surface area contributed by atoms with E-state index in [0.717, 1.165) is 19.5 Å². The van der Waals surface area contributed by atoms with Crippen LogP contribution in [-0.4, -0.2) is 30.7 Å². The zero-order valence-electron chi connectivity index (χ0n) is 8.39. The van der Waals surface area contributed by atoms with Crippen molar-refractivity contribution in [2.24, 2.45) is 11.8 Å². The molecule has 1 aliphatic rings. The molecule has 0 amide bonds. The van der Waals surface area contributed by atoms with Crippen LogP contribution in [0, 0.1) is 11.8 Å². The number of rotatable bonds is 2. The van der Waals surface area contributed by atoms with Crippen molar-refractivity contribution < 1.29 is 4.39 Å². The molecule has 2 heteroatoms.